The predicted molar refractivity (Wildman–Crippen MR) is 63.2 cm³/mol. The molecule has 0 bridgehead atoms. The SMILES string of the molecule is CC1(C2CCOC3(CCC3)C2)CCC(O)C1. The lowest BCUT2D eigenvalue weighted by Gasteiger charge is -2.51. The predicted octanol–water partition coefficient (Wildman–Crippen LogP) is 2.89. The molecule has 2 nitrogen and oxygen atoms in total. The monoisotopic (exact) mass is 224 g/mol. The molecule has 0 aromatic rings. The van der Waals surface area contributed by atoms with Crippen molar-refractivity contribution in [2.45, 2.75) is 70.0 Å². The van der Waals surface area contributed by atoms with E-state index < -0.39 is 0 Å². The number of ether oxygens (including phenoxy) is 1. The quantitative estimate of drug-likeness (QED) is 0.742. The lowest BCUT2D eigenvalue weighted by molar-refractivity contribution is -0.159. The van der Waals surface area contributed by atoms with E-state index in [1.165, 1.54) is 38.5 Å². The third kappa shape index (κ3) is 1.70. The normalized spacial score (nSPS) is 46.9. The average Bonchev–Trinajstić information content (AvgIpc) is 2.58. The molecule has 3 unspecified atom stereocenters. The zero-order valence-electron chi connectivity index (χ0n) is 10.4. The second-order valence-corrected chi connectivity index (χ2v) is 6.63. The van der Waals surface area contributed by atoms with Crippen LogP contribution in [0.4, 0.5) is 0 Å². The van der Waals surface area contributed by atoms with Gasteiger partial charge in [-0.1, -0.05) is 6.92 Å². The van der Waals surface area contributed by atoms with E-state index in [2.05, 4.69) is 6.92 Å². The lowest BCUT2D eigenvalue weighted by Crippen LogP contribution is -2.48. The van der Waals surface area contributed by atoms with Crippen molar-refractivity contribution >= 4 is 0 Å². The van der Waals surface area contributed by atoms with Crippen LogP contribution >= 0.6 is 0 Å². The van der Waals surface area contributed by atoms with Crippen LogP contribution in [0.3, 0.4) is 0 Å². The molecule has 16 heavy (non-hydrogen) atoms. The summed E-state index contributed by atoms with van der Waals surface area (Å²) >= 11 is 0. The minimum absolute atomic E-state index is 0.0369. The number of aliphatic hydroxyl groups is 1. The van der Waals surface area contributed by atoms with E-state index in [4.69, 9.17) is 4.74 Å². The number of hydrogen-bond acceptors (Lipinski definition) is 2. The van der Waals surface area contributed by atoms with Gasteiger partial charge in [-0.2, -0.15) is 0 Å². The molecule has 1 heterocycles. The van der Waals surface area contributed by atoms with Crippen molar-refractivity contribution in [3.8, 4) is 0 Å². The molecule has 2 saturated carbocycles. The highest BCUT2D eigenvalue weighted by atomic mass is 16.5. The minimum atomic E-state index is -0.0369. The molecule has 92 valence electrons. The van der Waals surface area contributed by atoms with Crippen molar-refractivity contribution in [2.24, 2.45) is 11.3 Å². The summed E-state index contributed by atoms with van der Waals surface area (Å²) in [5.74, 6) is 0.790. The molecule has 3 rings (SSSR count). The summed E-state index contributed by atoms with van der Waals surface area (Å²) < 4.78 is 6.00. The Morgan fingerprint density at radius 1 is 1.12 bits per heavy atom. The smallest absolute Gasteiger partial charge is 0.0685 e. The zero-order chi connectivity index (χ0) is 11.2. The fourth-order valence-electron chi connectivity index (χ4n) is 4.15. The molecule has 3 atom stereocenters. The summed E-state index contributed by atoms with van der Waals surface area (Å²) in [6.07, 6.45) is 9.60. The average molecular weight is 224 g/mol. The van der Waals surface area contributed by atoms with Crippen LogP contribution in [-0.2, 0) is 4.74 Å². The first-order valence-electron chi connectivity index (χ1n) is 6.94. The van der Waals surface area contributed by atoms with Gasteiger partial charge in [0.05, 0.1) is 11.7 Å². The molecular weight excluding hydrogens is 200 g/mol. The molecule has 0 amide bonds. The standard InChI is InChI=1S/C14H24O2/c1-13(7-3-12(15)10-13)11-4-8-16-14(9-11)5-2-6-14/h11-12,15H,2-10H2,1H3. The van der Waals surface area contributed by atoms with Gasteiger partial charge >= 0.3 is 0 Å². The molecule has 0 radical (unpaired) electrons. The summed E-state index contributed by atoms with van der Waals surface area (Å²) in [5.41, 5.74) is 0.658. The van der Waals surface area contributed by atoms with Crippen LogP contribution in [0.15, 0.2) is 0 Å². The molecule has 2 aliphatic carbocycles. The fraction of sp³-hybridized carbons (Fsp3) is 1.00. The molecule has 1 spiro atoms. The van der Waals surface area contributed by atoms with Crippen molar-refractivity contribution in [3.05, 3.63) is 0 Å². The van der Waals surface area contributed by atoms with E-state index in [9.17, 15) is 5.11 Å². The van der Waals surface area contributed by atoms with Crippen molar-refractivity contribution in [1.82, 2.24) is 0 Å². The molecule has 0 aromatic heterocycles. The fourth-order valence-corrected chi connectivity index (χ4v) is 4.15. The maximum atomic E-state index is 9.77. The van der Waals surface area contributed by atoms with Gasteiger partial charge in [0.15, 0.2) is 0 Å². The third-order valence-corrected chi connectivity index (χ3v) is 5.49. The molecule has 1 aliphatic heterocycles. The summed E-state index contributed by atoms with van der Waals surface area (Å²) in [6.45, 7) is 3.35. The molecule has 3 fully saturated rings. The maximum Gasteiger partial charge on any atom is 0.0685 e. The van der Waals surface area contributed by atoms with Crippen molar-refractivity contribution in [1.29, 1.82) is 0 Å². The third-order valence-electron chi connectivity index (χ3n) is 5.49. The van der Waals surface area contributed by atoms with E-state index in [1.54, 1.807) is 0 Å². The first kappa shape index (κ1) is 11.0. The molecule has 3 aliphatic rings. The van der Waals surface area contributed by atoms with Gasteiger partial charge in [-0.3, -0.25) is 0 Å². The highest BCUT2D eigenvalue weighted by molar-refractivity contribution is 5.00. The van der Waals surface area contributed by atoms with E-state index >= 15 is 0 Å². The van der Waals surface area contributed by atoms with E-state index in [1.807, 2.05) is 0 Å². The molecule has 0 aromatic carbocycles. The van der Waals surface area contributed by atoms with Gasteiger partial charge < -0.3 is 9.84 Å². The van der Waals surface area contributed by atoms with Crippen molar-refractivity contribution < 1.29 is 9.84 Å². The van der Waals surface area contributed by atoms with Gasteiger partial charge in [0.1, 0.15) is 0 Å². The Morgan fingerprint density at radius 3 is 2.50 bits per heavy atom. The first-order chi connectivity index (χ1) is 7.62. The highest BCUT2D eigenvalue weighted by Gasteiger charge is 2.49. The molecule has 1 saturated heterocycles. The van der Waals surface area contributed by atoms with Crippen LogP contribution in [-0.4, -0.2) is 23.4 Å². The Balaban J connectivity index is 1.70. The van der Waals surface area contributed by atoms with Crippen LogP contribution in [0.1, 0.15) is 58.3 Å². The topological polar surface area (TPSA) is 29.5 Å². The van der Waals surface area contributed by atoms with Gasteiger partial charge in [0.25, 0.3) is 0 Å². The van der Waals surface area contributed by atoms with Crippen molar-refractivity contribution in [3.63, 3.8) is 0 Å². The summed E-state index contributed by atoms with van der Waals surface area (Å²) in [4.78, 5) is 0. The Labute approximate surface area is 98.4 Å². The Hall–Kier alpha value is -0.0800. The molecule has 2 heteroatoms. The largest absolute Gasteiger partial charge is 0.393 e. The van der Waals surface area contributed by atoms with Crippen LogP contribution < -0.4 is 0 Å². The number of aliphatic hydroxyl groups excluding tert-OH is 1. The lowest BCUT2D eigenvalue weighted by atomic mass is 9.63. The maximum absolute atomic E-state index is 9.77. The van der Waals surface area contributed by atoms with E-state index in [0.29, 0.717) is 5.41 Å². The minimum Gasteiger partial charge on any atom is -0.393 e. The van der Waals surface area contributed by atoms with Gasteiger partial charge in [-0.25, -0.2) is 0 Å². The molecular formula is C14H24O2. The van der Waals surface area contributed by atoms with Crippen LogP contribution in [0.25, 0.3) is 0 Å². The second-order valence-electron chi connectivity index (χ2n) is 6.63. The first-order valence-corrected chi connectivity index (χ1v) is 6.94. The summed E-state index contributed by atoms with van der Waals surface area (Å²) in [6, 6.07) is 0. The van der Waals surface area contributed by atoms with Gasteiger partial charge in [-0.05, 0) is 62.7 Å². The van der Waals surface area contributed by atoms with Gasteiger partial charge in [-0.15, -0.1) is 0 Å². The van der Waals surface area contributed by atoms with Crippen LogP contribution in [0.5, 0.6) is 0 Å². The van der Waals surface area contributed by atoms with Gasteiger partial charge in [0, 0.05) is 6.61 Å². The number of hydrogen-bond donors (Lipinski definition) is 1. The zero-order valence-corrected chi connectivity index (χ0v) is 10.4. The van der Waals surface area contributed by atoms with E-state index in [-0.39, 0.29) is 11.7 Å². The summed E-state index contributed by atoms with van der Waals surface area (Å²) in [5, 5.41) is 9.77. The summed E-state index contributed by atoms with van der Waals surface area (Å²) in [7, 11) is 0. The van der Waals surface area contributed by atoms with Crippen LogP contribution in [0, 0.1) is 11.3 Å². The van der Waals surface area contributed by atoms with Crippen LogP contribution in [0.2, 0.25) is 0 Å². The Bertz CT molecular complexity index is 272. The Kier molecular flexibility index (Phi) is 2.56. The molecule has 1 N–H and O–H groups in total. The van der Waals surface area contributed by atoms with E-state index in [0.717, 1.165) is 25.4 Å². The Morgan fingerprint density at radius 2 is 1.94 bits per heavy atom. The van der Waals surface area contributed by atoms with Crippen molar-refractivity contribution in [2.75, 3.05) is 6.61 Å². The van der Waals surface area contributed by atoms with Gasteiger partial charge in [0.2, 0.25) is 0 Å². The second kappa shape index (κ2) is 3.71. The number of rotatable bonds is 1. The highest BCUT2D eigenvalue weighted by Crippen LogP contribution is 2.53.